The molecule has 1 aromatic carbocycles. The number of carboxylic acids is 1. The van der Waals surface area contributed by atoms with Gasteiger partial charge < -0.3 is 5.11 Å². The summed E-state index contributed by atoms with van der Waals surface area (Å²) in [6.07, 6.45) is 0.523. The number of rotatable bonds is 2. The zero-order valence-electron chi connectivity index (χ0n) is 6.89. The van der Waals surface area contributed by atoms with Crippen LogP contribution in [0.3, 0.4) is 0 Å². The third-order valence-corrected chi connectivity index (χ3v) is 2.03. The lowest BCUT2D eigenvalue weighted by molar-refractivity contribution is 0.0696. The number of carboxylic acid groups (broad SMARTS) is 1. The lowest BCUT2D eigenvalue weighted by Gasteiger charge is -2.01. The van der Waals surface area contributed by atoms with E-state index >= 15 is 0 Å². The summed E-state index contributed by atoms with van der Waals surface area (Å²) in [7, 11) is 0. The Morgan fingerprint density at radius 3 is 2.64 bits per heavy atom. The van der Waals surface area contributed by atoms with Crippen LogP contribution in [0.4, 0.5) is 0 Å². The molecule has 0 heterocycles. The Hall–Kier alpha value is -1.80. The smallest absolute Gasteiger partial charge is 0.337 e. The first-order valence-corrected chi connectivity index (χ1v) is 4.00. The maximum absolute atomic E-state index is 10.7. The van der Waals surface area contributed by atoms with Gasteiger partial charge >= 0.3 is 5.97 Å². The fourth-order valence-electron chi connectivity index (χ4n) is 0.969. The molecule has 1 N–H and O–H groups in total. The molecule has 1 rings (SSSR count). The van der Waals surface area contributed by atoms with Crippen LogP contribution in [-0.2, 0) is 0 Å². The van der Waals surface area contributed by atoms with E-state index in [2.05, 4.69) is 12.6 Å². The largest absolute Gasteiger partial charge is 0.478 e. The van der Waals surface area contributed by atoms with Gasteiger partial charge in [0.1, 0.15) is 6.07 Å². The van der Waals surface area contributed by atoms with Crippen LogP contribution in [-0.4, -0.2) is 17.4 Å². The Labute approximate surface area is 85.2 Å². The second-order valence-electron chi connectivity index (χ2n) is 2.49. The number of aromatic carboxylic acids is 1. The molecular weight excluding hydrogens is 202 g/mol. The summed E-state index contributed by atoms with van der Waals surface area (Å²) >= 11 is 3.92. The van der Waals surface area contributed by atoms with Gasteiger partial charge in [-0.15, -0.1) is 12.6 Å². The van der Waals surface area contributed by atoms with E-state index in [1.807, 2.05) is 0 Å². The molecule has 0 fully saturated rings. The molecule has 0 radical (unpaired) electrons. The summed E-state index contributed by atoms with van der Waals surface area (Å²) < 4.78 is 0. The minimum Gasteiger partial charge on any atom is -0.478 e. The van der Waals surface area contributed by atoms with Crippen molar-refractivity contribution >= 4 is 24.9 Å². The van der Waals surface area contributed by atoms with Crippen molar-refractivity contribution in [2.45, 2.75) is 4.90 Å². The molecule has 4 nitrogen and oxygen atoms in total. The molecule has 0 atom stereocenters. The Morgan fingerprint density at radius 2 is 2.21 bits per heavy atom. The summed E-state index contributed by atoms with van der Waals surface area (Å²) in [4.78, 5) is 21.4. The van der Waals surface area contributed by atoms with Gasteiger partial charge in [-0.1, -0.05) is 0 Å². The first-order valence-electron chi connectivity index (χ1n) is 3.55. The standard InChI is InChI=1S/C9H5NO3S/c10-3-5-1-6(4-11)8(14)2-7(5)9(12)13/h1-2,4,14H,(H,12,13). The van der Waals surface area contributed by atoms with Gasteiger partial charge in [-0.3, -0.25) is 4.79 Å². The van der Waals surface area contributed by atoms with Crippen LogP contribution in [0.5, 0.6) is 0 Å². The Kier molecular flexibility index (Phi) is 2.89. The Balaban J connectivity index is 3.48. The second kappa shape index (κ2) is 3.94. The van der Waals surface area contributed by atoms with Gasteiger partial charge in [-0.2, -0.15) is 5.26 Å². The molecule has 0 saturated heterocycles. The molecule has 0 bridgehead atoms. The monoisotopic (exact) mass is 207 g/mol. The van der Waals surface area contributed by atoms with E-state index in [1.54, 1.807) is 6.07 Å². The molecule has 0 amide bonds. The van der Waals surface area contributed by atoms with Crippen molar-refractivity contribution in [1.82, 2.24) is 0 Å². The van der Waals surface area contributed by atoms with Gasteiger partial charge in [-0.25, -0.2) is 4.79 Å². The highest BCUT2D eigenvalue weighted by molar-refractivity contribution is 7.80. The van der Waals surface area contributed by atoms with Crippen molar-refractivity contribution in [1.29, 1.82) is 5.26 Å². The molecule has 0 aliphatic carbocycles. The summed E-state index contributed by atoms with van der Waals surface area (Å²) in [6, 6.07) is 4.10. The van der Waals surface area contributed by atoms with Crippen LogP contribution < -0.4 is 0 Å². The number of hydrogen-bond acceptors (Lipinski definition) is 4. The third kappa shape index (κ3) is 1.75. The fourth-order valence-corrected chi connectivity index (χ4v) is 1.22. The number of benzene rings is 1. The molecule has 0 aromatic heterocycles. The fraction of sp³-hybridized carbons (Fsp3) is 0. The molecule has 0 spiro atoms. The number of nitrogens with zero attached hydrogens (tertiary/aromatic N) is 1. The van der Waals surface area contributed by atoms with Crippen LogP contribution in [0.1, 0.15) is 26.3 Å². The summed E-state index contributed by atoms with van der Waals surface area (Å²) in [5.74, 6) is -1.21. The van der Waals surface area contributed by atoms with Gasteiger partial charge in [-0.05, 0) is 12.1 Å². The molecule has 14 heavy (non-hydrogen) atoms. The third-order valence-electron chi connectivity index (χ3n) is 1.64. The van der Waals surface area contributed by atoms with Crippen molar-refractivity contribution in [2.24, 2.45) is 0 Å². The van der Waals surface area contributed by atoms with E-state index in [4.69, 9.17) is 10.4 Å². The van der Waals surface area contributed by atoms with Gasteiger partial charge in [0.25, 0.3) is 0 Å². The van der Waals surface area contributed by atoms with Gasteiger partial charge in [0, 0.05) is 10.5 Å². The van der Waals surface area contributed by atoms with Crippen LogP contribution in [0.25, 0.3) is 0 Å². The highest BCUT2D eigenvalue weighted by Crippen LogP contribution is 2.18. The zero-order chi connectivity index (χ0) is 10.7. The van der Waals surface area contributed by atoms with Crippen molar-refractivity contribution in [3.63, 3.8) is 0 Å². The van der Waals surface area contributed by atoms with Gasteiger partial charge in [0.05, 0.1) is 11.1 Å². The first kappa shape index (κ1) is 10.3. The number of hydrogen-bond donors (Lipinski definition) is 2. The van der Waals surface area contributed by atoms with Crippen LogP contribution in [0.2, 0.25) is 0 Å². The van der Waals surface area contributed by atoms with Crippen LogP contribution >= 0.6 is 12.6 Å². The van der Waals surface area contributed by atoms with E-state index in [9.17, 15) is 9.59 Å². The minimum atomic E-state index is -1.21. The van der Waals surface area contributed by atoms with Gasteiger partial charge in [0.15, 0.2) is 6.29 Å². The SMILES string of the molecule is N#Cc1cc(C=O)c(S)cc1C(=O)O. The van der Waals surface area contributed by atoms with E-state index in [1.165, 1.54) is 12.1 Å². The Bertz CT molecular complexity index is 448. The molecule has 0 aliphatic heterocycles. The van der Waals surface area contributed by atoms with Gasteiger partial charge in [0.2, 0.25) is 0 Å². The van der Waals surface area contributed by atoms with E-state index in [-0.39, 0.29) is 21.6 Å². The van der Waals surface area contributed by atoms with Crippen molar-refractivity contribution in [3.8, 4) is 6.07 Å². The van der Waals surface area contributed by atoms with E-state index in [0.717, 1.165) is 0 Å². The molecule has 1 aromatic rings. The number of nitriles is 1. The van der Waals surface area contributed by atoms with Crippen molar-refractivity contribution in [3.05, 3.63) is 28.8 Å². The van der Waals surface area contributed by atoms with E-state index < -0.39 is 5.97 Å². The number of carbonyl (C=O) groups excluding carboxylic acids is 1. The number of aldehydes is 1. The summed E-state index contributed by atoms with van der Waals surface area (Å²) in [5.41, 5.74) is 0.00961. The van der Waals surface area contributed by atoms with E-state index in [0.29, 0.717) is 6.29 Å². The average molecular weight is 207 g/mol. The minimum absolute atomic E-state index is 0.0441. The van der Waals surface area contributed by atoms with Crippen molar-refractivity contribution < 1.29 is 14.7 Å². The maximum atomic E-state index is 10.7. The zero-order valence-corrected chi connectivity index (χ0v) is 7.78. The molecule has 0 unspecified atom stereocenters. The number of carbonyl (C=O) groups is 2. The summed E-state index contributed by atoms with van der Waals surface area (Å²) in [6.45, 7) is 0. The molecule has 0 aliphatic rings. The predicted molar refractivity (Wildman–Crippen MR) is 50.8 cm³/mol. The second-order valence-corrected chi connectivity index (χ2v) is 2.97. The lowest BCUT2D eigenvalue weighted by atomic mass is 10.1. The highest BCUT2D eigenvalue weighted by Gasteiger charge is 2.12. The molecule has 0 saturated carbocycles. The van der Waals surface area contributed by atoms with Crippen LogP contribution in [0, 0.1) is 11.3 Å². The van der Waals surface area contributed by atoms with Crippen molar-refractivity contribution in [2.75, 3.05) is 0 Å². The lowest BCUT2D eigenvalue weighted by Crippen LogP contribution is -2.01. The first-order chi connectivity index (χ1) is 6.60. The molecular formula is C9H5NO3S. The molecule has 5 heteroatoms. The topological polar surface area (TPSA) is 78.2 Å². The maximum Gasteiger partial charge on any atom is 0.337 e. The normalized spacial score (nSPS) is 9.14. The Morgan fingerprint density at radius 1 is 1.57 bits per heavy atom. The van der Waals surface area contributed by atoms with Crippen LogP contribution in [0.15, 0.2) is 17.0 Å². The average Bonchev–Trinajstić information content (AvgIpc) is 2.17. The quantitative estimate of drug-likeness (QED) is 0.567. The molecule has 70 valence electrons. The summed E-state index contributed by atoms with van der Waals surface area (Å²) in [5, 5.41) is 17.3. The number of thiol groups is 1. The highest BCUT2D eigenvalue weighted by atomic mass is 32.1. The predicted octanol–water partition coefficient (Wildman–Crippen LogP) is 1.36.